The van der Waals surface area contributed by atoms with Gasteiger partial charge in [0.25, 0.3) is 0 Å². The molecule has 0 bridgehead atoms. The first-order valence-corrected chi connectivity index (χ1v) is 9.73. The summed E-state index contributed by atoms with van der Waals surface area (Å²) in [4.78, 5) is 14.1. The van der Waals surface area contributed by atoms with Crippen LogP contribution < -0.4 is 14.2 Å². The zero-order valence-corrected chi connectivity index (χ0v) is 18.1. The lowest BCUT2D eigenvalue weighted by molar-refractivity contribution is 0.416. The van der Waals surface area contributed by atoms with Crippen LogP contribution in [0.15, 0.2) is 87.8 Å². The molecule has 3 rings (SSSR count). The molecule has 3 aromatic carbocycles. The standard InChI is InChI=1S/C25H25N3O3/c1-18(27-20-12-6-9-15-24(20)30-3)22(28-21-13-7-10-16-25(21)31-4)17-26-19-11-5-8-14-23(19)29-2/h5-17H,1-4H3. The molecule has 0 aliphatic heterocycles. The van der Waals surface area contributed by atoms with E-state index < -0.39 is 0 Å². The Morgan fingerprint density at radius 2 is 1.03 bits per heavy atom. The van der Waals surface area contributed by atoms with Gasteiger partial charge in [-0.15, -0.1) is 0 Å². The van der Waals surface area contributed by atoms with Crippen LogP contribution in [0.3, 0.4) is 0 Å². The van der Waals surface area contributed by atoms with Crippen LogP contribution in [0.2, 0.25) is 0 Å². The molecule has 0 aliphatic rings. The molecule has 31 heavy (non-hydrogen) atoms. The van der Waals surface area contributed by atoms with Crippen LogP contribution in [-0.4, -0.2) is 39.0 Å². The molecule has 0 amide bonds. The highest BCUT2D eigenvalue weighted by molar-refractivity contribution is 6.63. The molecule has 6 heteroatoms. The van der Waals surface area contributed by atoms with Crippen LogP contribution in [0.25, 0.3) is 0 Å². The predicted molar refractivity (Wildman–Crippen MR) is 127 cm³/mol. The average Bonchev–Trinajstić information content (AvgIpc) is 2.82. The summed E-state index contributed by atoms with van der Waals surface area (Å²) in [6.45, 7) is 1.88. The van der Waals surface area contributed by atoms with Crippen molar-refractivity contribution in [2.45, 2.75) is 6.92 Å². The molecule has 0 unspecified atom stereocenters. The normalized spacial score (nSPS) is 12.1. The van der Waals surface area contributed by atoms with Crippen LogP contribution in [0.1, 0.15) is 6.92 Å². The maximum Gasteiger partial charge on any atom is 0.144 e. The highest BCUT2D eigenvalue weighted by atomic mass is 16.5. The van der Waals surface area contributed by atoms with Crippen molar-refractivity contribution in [3.8, 4) is 17.2 Å². The van der Waals surface area contributed by atoms with E-state index in [-0.39, 0.29) is 0 Å². The summed E-state index contributed by atoms with van der Waals surface area (Å²) in [5, 5.41) is 0. The predicted octanol–water partition coefficient (Wildman–Crippen LogP) is 5.98. The number of hydrogen-bond acceptors (Lipinski definition) is 6. The van der Waals surface area contributed by atoms with Gasteiger partial charge in [0.15, 0.2) is 0 Å². The molecule has 0 saturated heterocycles. The molecule has 0 aromatic heterocycles. The van der Waals surface area contributed by atoms with Crippen LogP contribution in [-0.2, 0) is 0 Å². The van der Waals surface area contributed by atoms with E-state index in [1.54, 1.807) is 27.5 Å². The third-order valence-electron chi connectivity index (χ3n) is 4.48. The molecule has 0 saturated carbocycles. The first-order valence-electron chi connectivity index (χ1n) is 9.73. The number of methoxy groups -OCH3 is 3. The largest absolute Gasteiger partial charge is 0.494 e. The molecule has 0 spiro atoms. The number of nitrogens with zero attached hydrogens (tertiary/aromatic N) is 3. The van der Waals surface area contributed by atoms with Gasteiger partial charge in [0.05, 0.1) is 33.3 Å². The van der Waals surface area contributed by atoms with E-state index >= 15 is 0 Å². The number of para-hydroxylation sites is 6. The Morgan fingerprint density at radius 1 is 0.613 bits per heavy atom. The minimum absolute atomic E-state index is 0.585. The van der Waals surface area contributed by atoms with Gasteiger partial charge in [0.1, 0.15) is 40.0 Å². The van der Waals surface area contributed by atoms with Crippen molar-refractivity contribution in [2.24, 2.45) is 15.0 Å². The van der Waals surface area contributed by atoms with Gasteiger partial charge in [0, 0.05) is 0 Å². The lowest BCUT2D eigenvalue weighted by Crippen LogP contribution is -2.12. The number of benzene rings is 3. The zero-order chi connectivity index (χ0) is 22.1. The fourth-order valence-electron chi connectivity index (χ4n) is 2.88. The van der Waals surface area contributed by atoms with Crippen molar-refractivity contribution in [2.75, 3.05) is 21.3 Å². The number of aliphatic imine (C=N–C) groups is 3. The first-order chi connectivity index (χ1) is 15.2. The second-order valence-electron chi connectivity index (χ2n) is 6.47. The molecule has 0 radical (unpaired) electrons. The Labute approximate surface area is 182 Å². The molecule has 6 nitrogen and oxygen atoms in total. The van der Waals surface area contributed by atoms with Gasteiger partial charge in [-0.05, 0) is 43.3 Å². The summed E-state index contributed by atoms with van der Waals surface area (Å²) < 4.78 is 16.3. The minimum atomic E-state index is 0.585. The monoisotopic (exact) mass is 415 g/mol. The Morgan fingerprint density at radius 3 is 1.55 bits per heavy atom. The van der Waals surface area contributed by atoms with E-state index in [0.717, 1.165) is 0 Å². The van der Waals surface area contributed by atoms with E-state index in [4.69, 9.17) is 24.2 Å². The SMILES string of the molecule is COc1ccccc1N=CC(=Nc1ccccc1OC)C(C)=Nc1ccccc1OC. The van der Waals surface area contributed by atoms with Crippen molar-refractivity contribution in [1.82, 2.24) is 0 Å². The van der Waals surface area contributed by atoms with E-state index in [9.17, 15) is 0 Å². The highest BCUT2D eigenvalue weighted by Crippen LogP contribution is 2.29. The quantitative estimate of drug-likeness (QED) is 0.425. The fraction of sp³-hybridized carbons (Fsp3) is 0.160. The van der Waals surface area contributed by atoms with Crippen LogP contribution >= 0.6 is 0 Å². The highest BCUT2D eigenvalue weighted by Gasteiger charge is 2.09. The van der Waals surface area contributed by atoms with Gasteiger partial charge in [-0.1, -0.05) is 36.4 Å². The molecule has 0 heterocycles. The summed E-state index contributed by atoms with van der Waals surface area (Å²) in [6.07, 6.45) is 1.68. The molecular formula is C25H25N3O3. The van der Waals surface area contributed by atoms with E-state index in [0.29, 0.717) is 45.7 Å². The second kappa shape index (κ2) is 10.7. The smallest absolute Gasteiger partial charge is 0.144 e. The molecule has 0 aliphatic carbocycles. The summed E-state index contributed by atoms with van der Waals surface area (Å²) >= 11 is 0. The van der Waals surface area contributed by atoms with E-state index in [1.807, 2.05) is 79.7 Å². The Bertz CT molecular complexity index is 1120. The second-order valence-corrected chi connectivity index (χ2v) is 6.47. The fourth-order valence-corrected chi connectivity index (χ4v) is 2.88. The maximum atomic E-state index is 5.45. The van der Waals surface area contributed by atoms with Gasteiger partial charge < -0.3 is 14.2 Å². The number of rotatable bonds is 8. The molecule has 0 fully saturated rings. The van der Waals surface area contributed by atoms with E-state index in [1.165, 1.54) is 0 Å². The summed E-state index contributed by atoms with van der Waals surface area (Å²) in [7, 11) is 4.86. The van der Waals surface area contributed by atoms with Crippen molar-refractivity contribution in [3.63, 3.8) is 0 Å². The van der Waals surface area contributed by atoms with Gasteiger partial charge >= 0.3 is 0 Å². The first kappa shape index (κ1) is 21.8. The lowest BCUT2D eigenvalue weighted by atomic mass is 10.2. The number of ether oxygens (including phenoxy) is 3. The van der Waals surface area contributed by atoms with Gasteiger partial charge in [0.2, 0.25) is 0 Å². The van der Waals surface area contributed by atoms with Crippen LogP contribution in [0, 0.1) is 0 Å². The van der Waals surface area contributed by atoms with Crippen LogP contribution in [0.5, 0.6) is 17.2 Å². The van der Waals surface area contributed by atoms with E-state index in [2.05, 4.69) is 4.99 Å². The minimum Gasteiger partial charge on any atom is -0.494 e. The maximum absolute atomic E-state index is 5.45. The number of hydrogen-bond donors (Lipinski definition) is 0. The van der Waals surface area contributed by atoms with Gasteiger partial charge in [-0.2, -0.15) is 0 Å². The molecule has 0 atom stereocenters. The molecule has 158 valence electrons. The average molecular weight is 415 g/mol. The Balaban J connectivity index is 2.08. The topological polar surface area (TPSA) is 64.8 Å². The summed E-state index contributed by atoms with van der Waals surface area (Å²) in [5.41, 5.74) is 3.35. The Hall–Kier alpha value is -3.93. The summed E-state index contributed by atoms with van der Waals surface area (Å²) in [5.74, 6) is 2.02. The Kier molecular flexibility index (Phi) is 7.54. The third kappa shape index (κ3) is 5.57. The van der Waals surface area contributed by atoms with Crippen molar-refractivity contribution in [3.05, 3.63) is 72.8 Å². The van der Waals surface area contributed by atoms with Gasteiger partial charge in [-0.3, -0.25) is 4.99 Å². The summed E-state index contributed by atoms with van der Waals surface area (Å²) in [6, 6.07) is 22.7. The van der Waals surface area contributed by atoms with Crippen LogP contribution in [0.4, 0.5) is 17.1 Å². The van der Waals surface area contributed by atoms with Crippen molar-refractivity contribution >= 4 is 34.7 Å². The zero-order valence-electron chi connectivity index (χ0n) is 18.1. The third-order valence-corrected chi connectivity index (χ3v) is 4.48. The molecule has 0 N–H and O–H groups in total. The molecule has 3 aromatic rings. The van der Waals surface area contributed by atoms with Crippen molar-refractivity contribution in [1.29, 1.82) is 0 Å². The van der Waals surface area contributed by atoms with Gasteiger partial charge in [-0.25, -0.2) is 9.98 Å². The van der Waals surface area contributed by atoms with Crippen molar-refractivity contribution < 1.29 is 14.2 Å². The lowest BCUT2D eigenvalue weighted by Gasteiger charge is -2.08. The molecular weight excluding hydrogens is 390 g/mol.